The summed E-state index contributed by atoms with van der Waals surface area (Å²) in [7, 11) is 0. The molecule has 1 aromatic heterocycles. The zero-order valence-corrected chi connectivity index (χ0v) is 12.1. The monoisotopic (exact) mass is 293 g/mol. The number of imidazole rings is 1. The van der Waals surface area contributed by atoms with E-state index in [9.17, 15) is 15.0 Å². The van der Waals surface area contributed by atoms with Crippen LogP contribution >= 0.6 is 0 Å². The number of rotatable bonds is 6. The Balaban J connectivity index is 2.00. The van der Waals surface area contributed by atoms with E-state index in [0.717, 1.165) is 31.4 Å². The summed E-state index contributed by atoms with van der Waals surface area (Å²) in [5.41, 5.74) is 6.50. The molecule has 0 saturated heterocycles. The molecule has 0 spiro atoms. The molecule has 0 amide bonds. The first kappa shape index (κ1) is 15.7. The summed E-state index contributed by atoms with van der Waals surface area (Å²) in [6.45, 7) is 0.440. The minimum atomic E-state index is -0.918. The third-order valence-electron chi connectivity index (χ3n) is 3.95. The molecule has 0 radical (unpaired) electrons. The zero-order chi connectivity index (χ0) is 15.2. The second-order valence-corrected chi connectivity index (χ2v) is 5.56. The summed E-state index contributed by atoms with van der Waals surface area (Å²) >= 11 is 0. The van der Waals surface area contributed by atoms with Crippen molar-refractivity contribution >= 4 is 5.97 Å². The van der Waals surface area contributed by atoms with Crippen molar-refractivity contribution in [1.29, 1.82) is 0 Å². The highest BCUT2D eigenvalue weighted by Crippen LogP contribution is 2.28. The Hall–Kier alpha value is -1.66. The smallest absolute Gasteiger partial charge is 0.331 e. The molecule has 0 aliphatic heterocycles. The number of nitrogens with zero attached hydrogens (tertiary/aromatic N) is 2. The van der Waals surface area contributed by atoms with E-state index in [1.807, 2.05) is 10.8 Å². The van der Waals surface area contributed by atoms with Crippen LogP contribution < -0.4 is 5.73 Å². The SMILES string of the molecule is NCC/C=C(/Cc1cn(C2CCC(O)CC2)cn1)C(=O)O. The van der Waals surface area contributed by atoms with Gasteiger partial charge in [0.2, 0.25) is 0 Å². The highest BCUT2D eigenvalue weighted by molar-refractivity contribution is 5.86. The highest BCUT2D eigenvalue weighted by atomic mass is 16.4. The van der Waals surface area contributed by atoms with Crippen LogP contribution in [0.4, 0.5) is 0 Å². The van der Waals surface area contributed by atoms with Gasteiger partial charge in [-0.15, -0.1) is 0 Å². The summed E-state index contributed by atoms with van der Waals surface area (Å²) < 4.78 is 2.05. The Morgan fingerprint density at radius 3 is 2.76 bits per heavy atom. The van der Waals surface area contributed by atoms with Crippen LogP contribution in [-0.2, 0) is 11.2 Å². The van der Waals surface area contributed by atoms with Crippen LogP contribution in [0.25, 0.3) is 0 Å². The maximum absolute atomic E-state index is 11.2. The minimum absolute atomic E-state index is 0.179. The van der Waals surface area contributed by atoms with Gasteiger partial charge in [-0.25, -0.2) is 9.78 Å². The molecule has 1 heterocycles. The zero-order valence-electron chi connectivity index (χ0n) is 12.1. The first-order valence-electron chi connectivity index (χ1n) is 7.43. The molecule has 21 heavy (non-hydrogen) atoms. The predicted molar refractivity (Wildman–Crippen MR) is 78.8 cm³/mol. The fourth-order valence-electron chi connectivity index (χ4n) is 2.71. The van der Waals surface area contributed by atoms with Crippen molar-refractivity contribution in [1.82, 2.24) is 9.55 Å². The predicted octanol–water partition coefficient (Wildman–Crippen LogP) is 1.26. The normalized spacial score (nSPS) is 23.2. The third-order valence-corrected chi connectivity index (χ3v) is 3.95. The van der Waals surface area contributed by atoms with Gasteiger partial charge in [-0.3, -0.25) is 0 Å². The highest BCUT2D eigenvalue weighted by Gasteiger charge is 2.21. The van der Waals surface area contributed by atoms with Crippen LogP contribution in [0.2, 0.25) is 0 Å². The second-order valence-electron chi connectivity index (χ2n) is 5.56. The van der Waals surface area contributed by atoms with Crippen LogP contribution in [0, 0.1) is 0 Å². The first-order valence-corrected chi connectivity index (χ1v) is 7.43. The molecular formula is C15H23N3O3. The van der Waals surface area contributed by atoms with Gasteiger partial charge >= 0.3 is 5.97 Å². The Kier molecular flexibility index (Phi) is 5.52. The standard InChI is InChI=1S/C15H23N3O3/c16-7-1-2-11(15(20)21)8-12-9-18(10-17-12)13-3-5-14(19)6-4-13/h2,9-10,13-14,19H,1,3-8,16H2,(H,20,21)/b11-2-. The summed E-state index contributed by atoms with van der Waals surface area (Å²) in [6.07, 6.45) is 9.55. The number of hydrogen-bond acceptors (Lipinski definition) is 4. The molecule has 1 aromatic rings. The largest absolute Gasteiger partial charge is 0.478 e. The molecule has 116 valence electrons. The number of carboxylic acids is 1. The fourth-order valence-corrected chi connectivity index (χ4v) is 2.71. The Labute approximate surface area is 124 Å². The third kappa shape index (κ3) is 4.41. The van der Waals surface area contributed by atoms with Gasteiger partial charge in [0.25, 0.3) is 0 Å². The Bertz CT molecular complexity index is 502. The molecule has 2 rings (SSSR count). The average molecular weight is 293 g/mol. The maximum atomic E-state index is 11.2. The maximum Gasteiger partial charge on any atom is 0.331 e. The van der Waals surface area contributed by atoms with Crippen LogP contribution in [0.3, 0.4) is 0 Å². The molecule has 4 N–H and O–H groups in total. The van der Waals surface area contributed by atoms with E-state index in [1.54, 1.807) is 12.4 Å². The Morgan fingerprint density at radius 2 is 2.14 bits per heavy atom. The number of aliphatic hydroxyl groups excluding tert-OH is 1. The van der Waals surface area contributed by atoms with E-state index in [2.05, 4.69) is 4.98 Å². The number of carbonyl (C=O) groups is 1. The van der Waals surface area contributed by atoms with E-state index >= 15 is 0 Å². The van der Waals surface area contributed by atoms with Gasteiger partial charge in [-0.1, -0.05) is 6.08 Å². The van der Waals surface area contributed by atoms with Crippen molar-refractivity contribution in [2.24, 2.45) is 5.73 Å². The van der Waals surface area contributed by atoms with Gasteiger partial charge in [0.15, 0.2) is 0 Å². The van der Waals surface area contributed by atoms with Crippen LogP contribution in [0.1, 0.15) is 43.8 Å². The molecule has 0 atom stereocenters. The number of hydrogen-bond donors (Lipinski definition) is 3. The van der Waals surface area contributed by atoms with E-state index in [0.29, 0.717) is 31.0 Å². The van der Waals surface area contributed by atoms with Crippen LogP contribution in [-0.4, -0.2) is 38.4 Å². The van der Waals surface area contributed by atoms with Crippen LogP contribution in [0.5, 0.6) is 0 Å². The van der Waals surface area contributed by atoms with Crippen molar-refractivity contribution in [2.75, 3.05) is 6.54 Å². The molecule has 6 heteroatoms. The first-order chi connectivity index (χ1) is 10.1. The van der Waals surface area contributed by atoms with E-state index < -0.39 is 5.97 Å². The molecule has 1 aliphatic carbocycles. The second kappa shape index (κ2) is 7.38. The molecule has 0 unspecified atom stereocenters. The van der Waals surface area contributed by atoms with Gasteiger partial charge in [0.05, 0.1) is 18.1 Å². The Morgan fingerprint density at radius 1 is 1.43 bits per heavy atom. The lowest BCUT2D eigenvalue weighted by Gasteiger charge is -2.26. The van der Waals surface area contributed by atoms with Crippen molar-refractivity contribution < 1.29 is 15.0 Å². The molecular weight excluding hydrogens is 270 g/mol. The molecule has 1 aliphatic rings. The number of aliphatic carboxylic acids is 1. The number of carboxylic acid groups (broad SMARTS) is 1. The van der Waals surface area contributed by atoms with E-state index in [4.69, 9.17) is 5.73 Å². The molecule has 1 saturated carbocycles. The number of aliphatic hydroxyl groups is 1. The molecule has 0 aromatic carbocycles. The molecule has 1 fully saturated rings. The van der Waals surface area contributed by atoms with Crippen molar-refractivity contribution in [3.63, 3.8) is 0 Å². The lowest BCUT2D eigenvalue weighted by atomic mass is 9.93. The molecule has 6 nitrogen and oxygen atoms in total. The van der Waals surface area contributed by atoms with Gasteiger partial charge in [-0.2, -0.15) is 0 Å². The van der Waals surface area contributed by atoms with Crippen molar-refractivity contribution in [2.45, 2.75) is 50.7 Å². The minimum Gasteiger partial charge on any atom is -0.478 e. The fraction of sp³-hybridized carbons (Fsp3) is 0.600. The van der Waals surface area contributed by atoms with Gasteiger partial charge < -0.3 is 20.5 Å². The van der Waals surface area contributed by atoms with Gasteiger partial charge in [0, 0.05) is 24.2 Å². The number of nitrogens with two attached hydrogens (primary N) is 1. The summed E-state index contributed by atoms with van der Waals surface area (Å²) in [4.78, 5) is 15.5. The summed E-state index contributed by atoms with van der Waals surface area (Å²) in [5.74, 6) is -0.918. The van der Waals surface area contributed by atoms with Gasteiger partial charge in [-0.05, 0) is 38.6 Å². The van der Waals surface area contributed by atoms with Crippen LogP contribution in [0.15, 0.2) is 24.2 Å². The topological polar surface area (TPSA) is 101 Å². The lowest BCUT2D eigenvalue weighted by molar-refractivity contribution is -0.132. The lowest BCUT2D eigenvalue weighted by Crippen LogP contribution is -2.20. The quantitative estimate of drug-likeness (QED) is 0.685. The van der Waals surface area contributed by atoms with Gasteiger partial charge in [0.1, 0.15) is 0 Å². The summed E-state index contributed by atoms with van der Waals surface area (Å²) in [5, 5.41) is 18.7. The molecule has 0 bridgehead atoms. The van der Waals surface area contributed by atoms with Crippen molar-refractivity contribution in [3.8, 4) is 0 Å². The van der Waals surface area contributed by atoms with Crippen molar-refractivity contribution in [3.05, 3.63) is 29.9 Å². The van der Waals surface area contributed by atoms with E-state index in [1.165, 1.54) is 0 Å². The average Bonchev–Trinajstić information content (AvgIpc) is 2.92. The van der Waals surface area contributed by atoms with E-state index in [-0.39, 0.29) is 6.10 Å². The summed E-state index contributed by atoms with van der Waals surface area (Å²) in [6, 6.07) is 0.357. The number of aromatic nitrogens is 2.